The van der Waals surface area contributed by atoms with E-state index in [2.05, 4.69) is 0 Å². The van der Waals surface area contributed by atoms with Gasteiger partial charge in [-0.25, -0.2) is 0 Å². The standard InChI is InChI=1S/C11H20O3/c12-8-4-1-2-5-9-13-11-7-3-6-10-14-11/h8,11H,1-7,9-10H2. The third-order valence-corrected chi connectivity index (χ3v) is 2.41. The number of unbranched alkanes of at least 4 members (excludes halogenated alkanes) is 3. The van der Waals surface area contributed by atoms with Crippen LogP contribution in [0, 0.1) is 0 Å². The third kappa shape index (κ3) is 5.35. The molecule has 1 fully saturated rings. The summed E-state index contributed by atoms with van der Waals surface area (Å²) in [5.41, 5.74) is 0. The normalized spacial score (nSPS) is 22.1. The number of aldehydes is 1. The molecule has 0 bridgehead atoms. The Morgan fingerprint density at radius 2 is 2.21 bits per heavy atom. The molecular formula is C11H20O3. The average Bonchev–Trinajstić information content (AvgIpc) is 2.25. The van der Waals surface area contributed by atoms with E-state index in [1.807, 2.05) is 0 Å². The van der Waals surface area contributed by atoms with Crippen LogP contribution in [0.15, 0.2) is 0 Å². The summed E-state index contributed by atoms with van der Waals surface area (Å²) in [6.45, 7) is 1.61. The monoisotopic (exact) mass is 200 g/mol. The van der Waals surface area contributed by atoms with Gasteiger partial charge < -0.3 is 14.3 Å². The van der Waals surface area contributed by atoms with Crippen molar-refractivity contribution in [2.45, 2.75) is 51.2 Å². The van der Waals surface area contributed by atoms with Gasteiger partial charge in [-0.2, -0.15) is 0 Å². The van der Waals surface area contributed by atoms with Gasteiger partial charge in [-0.15, -0.1) is 0 Å². The van der Waals surface area contributed by atoms with Crippen molar-refractivity contribution in [2.24, 2.45) is 0 Å². The largest absolute Gasteiger partial charge is 0.353 e. The smallest absolute Gasteiger partial charge is 0.157 e. The van der Waals surface area contributed by atoms with Crippen molar-refractivity contribution in [1.29, 1.82) is 0 Å². The van der Waals surface area contributed by atoms with E-state index in [4.69, 9.17) is 9.47 Å². The Bertz CT molecular complexity index is 141. The molecule has 1 aliphatic heterocycles. The van der Waals surface area contributed by atoms with E-state index < -0.39 is 0 Å². The Morgan fingerprint density at radius 3 is 2.93 bits per heavy atom. The van der Waals surface area contributed by atoms with E-state index in [0.717, 1.165) is 45.2 Å². The molecule has 0 N–H and O–H groups in total. The van der Waals surface area contributed by atoms with Gasteiger partial charge in [0.15, 0.2) is 6.29 Å². The van der Waals surface area contributed by atoms with Crippen LogP contribution in [0.1, 0.15) is 44.9 Å². The van der Waals surface area contributed by atoms with Gasteiger partial charge in [-0.1, -0.05) is 6.42 Å². The number of carbonyl (C=O) groups is 1. The summed E-state index contributed by atoms with van der Waals surface area (Å²) in [6.07, 6.45) is 8.21. The predicted molar refractivity (Wildman–Crippen MR) is 54.1 cm³/mol. The van der Waals surface area contributed by atoms with Crippen LogP contribution in [0.2, 0.25) is 0 Å². The SMILES string of the molecule is O=CCCCCCOC1CCCCO1. The summed E-state index contributed by atoms with van der Waals surface area (Å²) in [6, 6.07) is 0. The van der Waals surface area contributed by atoms with Crippen molar-refractivity contribution in [3.63, 3.8) is 0 Å². The lowest BCUT2D eigenvalue weighted by Crippen LogP contribution is -2.22. The number of carbonyl (C=O) groups excluding carboxylic acids is 1. The summed E-state index contributed by atoms with van der Waals surface area (Å²) in [5, 5.41) is 0. The fraction of sp³-hybridized carbons (Fsp3) is 0.909. The van der Waals surface area contributed by atoms with Crippen LogP contribution >= 0.6 is 0 Å². The van der Waals surface area contributed by atoms with Crippen molar-refractivity contribution in [3.8, 4) is 0 Å². The first-order chi connectivity index (χ1) is 6.93. The van der Waals surface area contributed by atoms with Crippen LogP contribution in [0.4, 0.5) is 0 Å². The number of hydrogen-bond acceptors (Lipinski definition) is 3. The fourth-order valence-electron chi connectivity index (χ4n) is 1.56. The molecular weight excluding hydrogens is 180 g/mol. The highest BCUT2D eigenvalue weighted by atomic mass is 16.7. The number of hydrogen-bond donors (Lipinski definition) is 0. The van der Waals surface area contributed by atoms with E-state index in [0.29, 0.717) is 6.42 Å². The zero-order valence-electron chi connectivity index (χ0n) is 8.74. The van der Waals surface area contributed by atoms with Gasteiger partial charge in [0.05, 0.1) is 0 Å². The lowest BCUT2D eigenvalue weighted by Gasteiger charge is -2.22. The fourth-order valence-corrected chi connectivity index (χ4v) is 1.56. The van der Waals surface area contributed by atoms with Gasteiger partial charge in [-0.05, 0) is 32.1 Å². The minimum absolute atomic E-state index is 0.0369. The predicted octanol–water partition coefficient (Wildman–Crippen LogP) is 2.29. The van der Waals surface area contributed by atoms with E-state index in [1.165, 1.54) is 12.8 Å². The molecule has 0 amide bonds. The summed E-state index contributed by atoms with van der Waals surface area (Å²) in [5.74, 6) is 0. The maximum absolute atomic E-state index is 10.0. The van der Waals surface area contributed by atoms with Gasteiger partial charge in [-0.3, -0.25) is 0 Å². The summed E-state index contributed by atoms with van der Waals surface area (Å²) in [4.78, 5) is 10.0. The molecule has 1 atom stereocenters. The molecule has 0 aliphatic carbocycles. The van der Waals surface area contributed by atoms with Gasteiger partial charge in [0.1, 0.15) is 6.29 Å². The highest BCUT2D eigenvalue weighted by Gasteiger charge is 2.12. The van der Waals surface area contributed by atoms with Gasteiger partial charge in [0.25, 0.3) is 0 Å². The minimum atomic E-state index is 0.0369. The molecule has 3 nitrogen and oxygen atoms in total. The molecule has 0 aromatic rings. The highest BCUT2D eigenvalue weighted by molar-refractivity contribution is 5.48. The number of rotatable bonds is 7. The molecule has 14 heavy (non-hydrogen) atoms. The van der Waals surface area contributed by atoms with Crippen LogP contribution in [-0.2, 0) is 14.3 Å². The quantitative estimate of drug-likeness (QED) is 0.467. The van der Waals surface area contributed by atoms with Crippen molar-refractivity contribution in [3.05, 3.63) is 0 Å². The zero-order valence-corrected chi connectivity index (χ0v) is 8.74. The Kier molecular flexibility index (Phi) is 6.62. The molecule has 3 heteroatoms. The van der Waals surface area contributed by atoms with Gasteiger partial charge in [0, 0.05) is 19.6 Å². The Labute approximate surface area is 85.8 Å². The minimum Gasteiger partial charge on any atom is -0.353 e. The lowest BCUT2D eigenvalue weighted by atomic mass is 10.2. The van der Waals surface area contributed by atoms with E-state index in [-0.39, 0.29) is 6.29 Å². The Balaban J connectivity index is 1.85. The highest BCUT2D eigenvalue weighted by Crippen LogP contribution is 2.14. The summed E-state index contributed by atoms with van der Waals surface area (Å²) in [7, 11) is 0. The number of ether oxygens (including phenoxy) is 2. The molecule has 1 heterocycles. The average molecular weight is 200 g/mol. The molecule has 0 aromatic carbocycles. The topological polar surface area (TPSA) is 35.5 Å². The molecule has 1 saturated heterocycles. The van der Waals surface area contributed by atoms with Crippen molar-refractivity contribution in [2.75, 3.05) is 13.2 Å². The van der Waals surface area contributed by atoms with Crippen LogP contribution in [0.25, 0.3) is 0 Å². The molecule has 1 aliphatic rings. The molecule has 1 rings (SSSR count). The Morgan fingerprint density at radius 1 is 1.29 bits per heavy atom. The Hall–Kier alpha value is -0.410. The second-order valence-electron chi connectivity index (χ2n) is 3.68. The van der Waals surface area contributed by atoms with Crippen LogP contribution in [0.3, 0.4) is 0 Å². The first-order valence-corrected chi connectivity index (χ1v) is 5.60. The molecule has 1 unspecified atom stereocenters. The maximum atomic E-state index is 10.0. The van der Waals surface area contributed by atoms with Crippen molar-refractivity contribution >= 4 is 6.29 Å². The molecule has 0 radical (unpaired) electrons. The molecule has 82 valence electrons. The van der Waals surface area contributed by atoms with Crippen LogP contribution < -0.4 is 0 Å². The second-order valence-corrected chi connectivity index (χ2v) is 3.68. The molecule has 0 saturated carbocycles. The summed E-state index contributed by atoms with van der Waals surface area (Å²) < 4.78 is 11.0. The van der Waals surface area contributed by atoms with Crippen molar-refractivity contribution < 1.29 is 14.3 Å². The zero-order chi connectivity index (χ0) is 10.1. The van der Waals surface area contributed by atoms with E-state index in [9.17, 15) is 4.79 Å². The van der Waals surface area contributed by atoms with Crippen LogP contribution in [-0.4, -0.2) is 25.8 Å². The lowest BCUT2D eigenvalue weighted by molar-refractivity contribution is -0.162. The first kappa shape index (κ1) is 11.7. The third-order valence-electron chi connectivity index (χ3n) is 2.41. The van der Waals surface area contributed by atoms with Gasteiger partial charge >= 0.3 is 0 Å². The van der Waals surface area contributed by atoms with E-state index >= 15 is 0 Å². The molecule has 0 spiro atoms. The van der Waals surface area contributed by atoms with E-state index in [1.54, 1.807) is 0 Å². The van der Waals surface area contributed by atoms with Crippen molar-refractivity contribution in [1.82, 2.24) is 0 Å². The van der Waals surface area contributed by atoms with Crippen LogP contribution in [0.5, 0.6) is 0 Å². The second kappa shape index (κ2) is 7.94. The summed E-state index contributed by atoms with van der Waals surface area (Å²) >= 11 is 0. The molecule has 0 aromatic heterocycles. The maximum Gasteiger partial charge on any atom is 0.157 e. The first-order valence-electron chi connectivity index (χ1n) is 5.60. The van der Waals surface area contributed by atoms with Gasteiger partial charge in [0.2, 0.25) is 0 Å².